The van der Waals surface area contributed by atoms with Gasteiger partial charge in [-0.3, -0.25) is 0 Å². The van der Waals surface area contributed by atoms with Crippen LogP contribution >= 0.6 is 0 Å². The average Bonchev–Trinajstić information content (AvgIpc) is 2.52. The second kappa shape index (κ2) is 5.38. The molecular weight excluding hydrogens is 262 g/mol. The Hall–Kier alpha value is -1.27. The molecule has 0 radical (unpaired) electrons. The first kappa shape index (κ1) is 14.1. The van der Waals surface area contributed by atoms with Gasteiger partial charge in [0.1, 0.15) is 0 Å². The van der Waals surface area contributed by atoms with E-state index in [1.807, 2.05) is 6.07 Å². The fraction of sp³-hybridized carbons (Fsp3) is 0.538. The van der Waals surface area contributed by atoms with Crippen molar-refractivity contribution >= 4 is 21.4 Å². The molecule has 6 heteroatoms. The van der Waals surface area contributed by atoms with Crippen LogP contribution in [0.1, 0.15) is 32.6 Å². The Morgan fingerprint density at radius 2 is 1.95 bits per heavy atom. The first-order chi connectivity index (χ1) is 8.88. The van der Waals surface area contributed by atoms with Crippen molar-refractivity contribution in [3.05, 3.63) is 18.2 Å². The summed E-state index contributed by atoms with van der Waals surface area (Å²) in [5.74, 6) is 0. The molecule has 1 unspecified atom stereocenters. The van der Waals surface area contributed by atoms with Gasteiger partial charge >= 0.3 is 0 Å². The third kappa shape index (κ3) is 3.39. The molecule has 0 aromatic heterocycles. The summed E-state index contributed by atoms with van der Waals surface area (Å²) < 4.78 is 22.9. The molecule has 1 aliphatic rings. The minimum Gasteiger partial charge on any atom is -0.399 e. The molecule has 106 valence electrons. The highest BCUT2D eigenvalue weighted by molar-refractivity contribution is 7.89. The number of anilines is 2. The lowest BCUT2D eigenvalue weighted by Gasteiger charge is -2.30. The van der Waals surface area contributed by atoms with Crippen LogP contribution in [-0.4, -0.2) is 21.0 Å². The molecule has 19 heavy (non-hydrogen) atoms. The van der Waals surface area contributed by atoms with Crippen LogP contribution in [0.15, 0.2) is 23.1 Å². The van der Waals surface area contributed by atoms with E-state index in [4.69, 9.17) is 10.9 Å². The van der Waals surface area contributed by atoms with E-state index in [9.17, 15) is 8.42 Å². The lowest BCUT2D eigenvalue weighted by molar-refractivity contribution is 0.597. The summed E-state index contributed by atoms with van der Waals surface area (Å²) in [5.41, 5.74) is 7.08. The van der Waals surface area contributed by atoms with Crippen LogP contribution in [0.2, 0.25) is 0 Å². The molecule has 0 saturated carbocycles. The van der Waals surface area contributed by atoms with E-state index in [1.54, 1.807) is 6.07 Å². The molecule has 1 fully saturated rings. The van der Waals surface area contributed by atoms with E-state index in [2.05, 4.69) is 11.8 Å². The summed E-state index contributed by atoms with van der Waals surface area (Å²) >= 11 is 0. The molecule has 1 saturated heterocycles. The molecule has 2 rings (SSSR count). The molecule has 0 amide bonds. The molecule has 5 nitrogen and oxygen atoms in total. The van der Waals surface area contributed by atoms with Crippen LogP contribution in [0.3, 0.4) is 0 Å². The maximum Gasteiger partial charge on any atom is 0.238 e. The molecule has 0 aliphatic carbocycles. The molecular formula is C13H21N3O2S. The number of hydrogen-bond acceptors (Lipinski definition) is 4. The predicted molar refractivity (Wildman–Crippen MR) is 77.5 cm³/mol. The standard InChI is InChI=1S/C13H21N3O2S/c1-10-5-3-2-4-6-16(10)12-7-11(14)8-13(9-12)19(15,17)18/h7-10H,2-6,14H2,1H3,(H2,15,17,18). The van der Waals surface area contributed by atoms with Gasteiger partial charge in [-0.15, -0.1) is 0 Å². The molecule has 1 atom stereocenters. The van der Waals surface area contributed by atoms with Gasteiger partial charge in [0.25, 0.3) is 0 Å². The summed E-state index contributed by atoms with van der Waals surface area (Å²) in [6.07, 6.45) is 4.65. The molecule has 1 heterocycles. The number of benzene rings is 1. The minimum absolute atomic E-state index is 0.0824. The van der Waals surface area contributed by atoms with E-state index in [0.717, 1.165) is 25.1 Å². The fourth-order valence-electron chi connectivity index (χ4n) is 2.59. The van der Waals surface area contributed by atoms with Gasteiger partial charge in [-0.1, -0.05) is 12.8 Å². The largest absolute Gasteiger partial charge is 0.399 e. The van der Waals surface area contributed by atoms with Crippen LogP contribution in [0.5, 0.6) is 0 Å². The molecule has 0 bridgehead atoms. The quantitative estimate of drug-likeness (QED) is 0.808. The highest BCUT2D eigenvalue weighted by atomic mass is 32.2. The predicted octanol–water partition coefficient (Wildman–Crippen LogP) is 1.69. The Morgan fingerprint density at radius 3 is 2.63 bits per heavy atom. The number of nitrogens with two attached hydrogens (primary N) is 2. The van der Waals surface area contributed by atoms with E-state index < -0.39 is 10.0 Å². The zero-order chi connectivity index (χ0) is 14.0. The number of hydrogen-bond donors (Lipinski definition) is 2. The van der Waals surface area contributed by atoms with E-state index in [-0.39, 0.29) is 4.90 Å². The molecule has 1 aliphatic heterocycles. The summed E-state index contributed by atoms with van der Waals surface area (Å²) in [6, 6.07) is 5.23. The molecule has 4 N–H and O–H groups in total. The Balaban J connectivity index is 2.41. The Kier molecular flexibility index (Phi) is 4.01. The normalized spacial score (nSPS) is 21.2. The van der Waals surface area contributed by atoms with Crippen molar-refractivity contribution in [1.82, 2.24) is 0 Å². The van der Waals surface area contributed by atoms with Crippen LogP contribution in [0.25, 0.3) is 0 Å². The number of nitrogens with zero attached hydrogens (tertiary/aromatic N) is 1. The lowest BCUT2D eigenvalue weighted by atomic mass is 10.1. The summed E-state index contributed by atoms with van der Waals surface area (Å²) in [7, 11) is -3.72. The van der Waals surface area contributed by atoms with E-state index in [0.29, 0.717) is 11.7 Å². The van der Waals surface area contributed by atoms with Gasteiger partial charge in [-0.2, -0.15) is 0 Å². The van der Waals surface area contributed by atoms with Gasteiger partial charge in [0, 0.05) is 24.0 Å². The number of rotatable bonds is 2. The molecule has 0 spiro atoms. The second-order valence-electron chi connectivity index (χ2n) is 5.20. The summed E-state index contributed by atoms with van der Waals surface area (Å²) in [6.45, 7) is 3.08. The van der Waals surface area contributed by atoms with Gasteiger partial charge in [0.15, 0.2) is 0 Å². The van der Waals surface area contributed by atoms with Crippen molar-refractivity contribution in [2.45, 2.75) is 43.5 Å². The SMILES string of the molecule is CC1CCCCCN1c1cc(N)cc(S(N)(=O)=O)c1. The van der Waals surface area contributed by atoms with Crippen molar-refractivity contribution in [3.8, 4) is 0 Å². The smallest absolute Gasteiger partial charge is 0.238 e. The minimum atomic E-state index is -3.72. The third-order valence-corrected chi connectivity index (χ3v) is 4.52. The van der Waals surface area contributed by atoms with Crippen molar-refractivity contribution in [2.24, 2.45) is 5.14 Å². The first-order valence-corrected chi connectivity index (χ1v) is 8.12. The maximum absolute atomic E-state index is 11.5. The number of sulfonamides is 1. The number of primary sulfonamides is 1. The Labute approximate surface area is 114 Å². The third-order valence-electron chi connectivity index (χ3n) is 3.63. The highest BCUT2D eigenvalue weighted by Crippen LogP contribution is 2.28. The summed E-state index contributed by atoms with van der Waals surface area (Å²) in [4.78, 5) is 2.30. The number of nitrogen functional groups attached to an aromatic ring is 1. The van der Waals surface area contributed by atoms with Crippen LogP contribution in [-0.2, 0) is 10.0 Å². The van der Waals surface area contributed by atoms with Crippen LogP contribution in [0, 0.1) is 0 Å². The van der Waals surface area contributed by atoms with Gasteiger partial charge in [0.05, 0.1) is 4.90 Å². The average molecular weight is 283 g/mol. The first-order valence-electron chi connectivity index (χ1n) is 6.58. The Morgan fingerprint density at radius 1 is 1.21 bits per heavy atom. The fourth-order valence-corrected chi connectivity index (χ4v) is 3.18. The van der Waals surface area contributed by atoms with Gasteiger partial charge in [-0.25, -0.2) is 13.6 Å². The molecule has 1 aromatic carbocycles. The zero-order valence-corrected chi connectivity index (χ0v) is 12.0. The van der Waals surface area contributed by atoms with Crippen LogP contribution in [0.4, 0.5) is 11.4 Å². The topological polar surface area (TPSA) is 89.4 Å². The van der Waals surface area contributed by atoms with Gasteiger partial charge < -0.3 is 10.6 Å². The summed E-state index contributed by atoms with van der Waals surface area (Å²) in [5, 5.41) is 5.19. The van der Waals surface area contributed by atoms with E-state index in [1.165, 1.54) is 18.9 Å². The zero-order valence-electron chi connectivity index (χ0n) is 11.2. The van der Waals surface area contributed by atoms with Crippen molar-refractivity contribution in [2.75, 3.05) is 17.2 Å². The molecule has 1 aromatic rings. The van der Waals surface area contributed by atoms with E-state index >= 15 is 0 Å². The van der Waals surface area contributed by atoms with Crippen LogP contribution < -0.4 is 15.8 Å². The lowest BCUT2D eigenvalue weighted by Crippen LogP contribution is -2.32. The van der Waals surface area contributed by atoms with Gasteiger partial charge in [0.2, 0.25) is 10.0 Å². The van der Waals surface area contributed by atoms with Crippen molar-refractivity contribution in [1.29, 1.82) is 0 Å². The maximum atomic E-state index is 11.5. The highest BCUT2D eigenvalue weighted by Gasteiger charge is 2.19. The van der Waals surface area contributed by atoms with Gasteiger partial charge in [-0.05, 0) is 38.0 Å². The van der Waals surface area contributed by atoms with Crippen molar-refractivity contribution < 1.29 is 8.42 Å². The van der Waals surface area contributed by atoms with Crippen molar-refractivity contribution in [3.63, 3.8) is 0 Å². The second-order valence-corrected chi connectivity index (χ2v) is 6.76. The monoisotopic (exact) mass is 283 g/mol. The Bertz CT molecular complexity index is 557.